The first-order chi connectivity index (χ1) is 16.5. The van der Waals surface area contributed by atoms with Crippen LogP contribution in [0, 0.1) is 0 Å². The quantitative estimate of drug-likeness (QED) is 0.479. The maximum absolute atomic E-state index is 13.4. The first-order valence-corrected chi connectivity index (χ1v) is 12.8. The van der Waals surface area contributed by atoms with Crippen LogP contribution in [0.4, 0.5) is 0 Å². The molecule has 1 unspecified atom stereocenters. The Morgan fingerprint density at radius 2 is 1.68 bits per heavy atom. The van der Waals surface area contributed by atoms with E-state index in [1.54, 1.807) is 4.90 Å². The molecule has 0 saturated heterocycles. The number of amides is 2. The van der Waals surface area contributed by atoms with Gasteiger partial charge in [0.15, 0.2) is 6.61 Å². The Kier molecular flexibility index (Phi) is 9.99. The van der Waals surface area contributed by atoms with E-state index < -0.39 is 6.04 Å². The Balaban J connectivity index is 1.72. The van der Waals surface area contributed by atoms with E-state index in [-0.39, 0.29) is 24.5 Å². The molecule has 1 atom stereocenters. The van der Waals surface area contributed by atoms with Gasteiger partial charge in [-0.3, -0.25) is 9.59 Å². The summed E-state index contributed by atoms with van der Waals surface area (Å²) in [4.78, 5) is 28.4. The van der Waals surface area contributed by atoms with Gasteiger partial charge in [-0.25, -0.2) is 0 Å². The van der Waals surface area contributed by atoms with Crippen molar-refractivity contribution in [3.8, 4) is 5.75 Å². The van der Waals surface area contributed by atoms with E-state index in [0.29, 0.717) is 25.3 Å². The second kappa shape index (κ2) is 13.2. The lowest BCUT2D eigenvalue weighted by atomic mass is 9.95. The summed E-state index contributed by atoms with van der Waals surface area (Å²) in [5.74, 6) is 0.831. The molecule has 0 heterocycles. The Morgan fingerprint density at radius 3 is 2.35 bits per heavy atom. The maximum Gasteiger partial charge on any atom is 0.261 e. The molecular formula is C29H40N2O3. The van der Waals surface area contributed by atoms with Gasteiger partial charge in [-0.15, -0.1) is 0 Å². The normalized spacial score (nSPS) is 15.1. The van der Waals surface area contributed by atoms with E-state index in [4.69, 9.17) is 4.74 Å². The highest BCUT2D eigenvalue weighted by atomic mass is 16.5. The van der Waals surface area contributed by atoms with Crippen molar-refractivity contribution in [3.05, 3.63) is 65.7 Å². The number of hydrogen-bond acceptors (Lipinski definition) is 3. The van der Waals surface area contributed by atoms with E-state index in [2.05, 4.69) is 31.3 Å². The number of carbonyl (C=O) groups is 2. The molecule has 2 aromatic rings. The van der Waals surface area contributed by atoms with Gasteiger partial charge in [0.2, 0.25) is 5.91 Å². The third-order valence-electron chi connectivity index (χ3n) is 6.71. The molecule has 1 N–H and O–H groups in total. The van der Waals surface area contributed by atoms with Crippen LogP contribution in [0.1, 0.15) is 76.3 Å². The van der Waals surface area contributed by atoms with Crippen molar-refractivity contribution in [2.75, 3.05) is 13.2 Å². The second-order valence-electron chi connectivity index (χ2n) is 9.57. The molecule has 184 valence electrons. The van der Waals surface area contributed by atoms with Crippen molar-refractivity contribution in [2.45, 2.75) is 83.7 Å². The van der Waals surface area contributed by atoms with Crippen LogP contribution in [0.15, 0.2) is 54.6 Å². The predicted octanol–water partition coefficient (Wildman–Crippen LogP) is 5.49. The smallest absolute Gasteiger partial charge is 0.261 e. The minimum Gasteiger partial charge on any atom is -0.483 e. The van der Waals surface area contributed by atoms with Gasteiger partial charge in [-0.2, -0.15) is 0 Å². The number of hydrogen-bond donors (Lipinski definition) is 1. The zero-order chi connectivity index (χ0) is 24.3. The lowest BCUT2D eigenvalue weighted by Gasteiger charge is -2.32. The minimum atomic E-state index is -0.498. The second-order valence-corrected chi connectivity index (χ2v) is 9.57. The molecule has 1 fully saturated rings. The monoisotopic (exact) mass is 464 g/mol. The molecule has 0 radical (unpaired) electrons. The SMILES string of the molecule is CCC(C(=O)NC1CCCCC1)N(CCc1ccccc1)C(=O)COc1ccccc1C(C)C. The molecule has 2 aromatic carbocycles. The summed E-state index contributed by atoms with van der Waals surface area (Å²) < 4.78 is 5.99. The van der Waals surface area contributed by atoms with Crippen LogP contribution in [0.25, 0.3) is 0 Å². The van der Waals surface area contributed by atoms with Crippen molar-refractivity contribution in [3.63, 3.8) is 0 Å². The molecule has 34 heavy (non-hydrogen) atoms. The number of ether oxygens (including phenoxy) is 1. The van der Waals surface area contributed by atoms with E-state index in [0.717, 1.165) is 42.6 Å². The van der Waals surface area contributed by atoms with Gasteiger partial charge in [-0.1, -0.05) is 88.6 Å². The van der Waals surface area contributed by atoms with E-state index in [1.165, 1.54) is 6.42 Å². The van der Waals surface area contributed by atoms with Crippen molar-refractivity contribution >= 4 is 11.8 Å². The summed E-state index contributed by atoms with van der Waals surface area (Å²) in [6.07, 6.45) is 6.86. The molecule has 0 aromatic heterocycles. The number of benzene rings is 2. The number of rotatable bonds is 11. The van der Waals surface area contributed by atoms with Crippen LogP contribution < -0.4 is 10.1 Å². The van der Waals surface area contributed by atoms with E-state index in [1.807, 2.05) is 49.4 Å². The number of para-hydroxylation sites is 1. The molecule has 1 aliphatic rings. The lowest BCUT2D eigenvalue weighted by Crippen LogP contribution is -2.53. The Labute approximate surface area is 204 Å². The van der Waals surface area contributed by atoms with Crippen molar-refractivity contribution in [2.24, 2.45) is 0 Å². The molecule has 5 heteroatoms. The molecule has 1 saturated carbocycles. The summed E-state index contributed by atoms with van der Waals surface area (Å²) in [6.45, 7) is 6.60. The Hall–Kier alpha value is -2.82. The van der Waals surface area contributed by atoms with Gasteiger partial charge in [0.25, 0.3) is 5.91 Å². The number of nitrogens with one attached hydrogen (secondary N) is 1. The van der Waals surface area contributed by atoms with Crippen LogP contribution in [0.3, 0.4) is 0 Å². The molecule has 0 spiro atoms. The summed E-state index contributed by atoms with van der Waals surface area (Å²) in [6, 6.07) is 17.7. The fourth-order valence-electron chi connectivity index (χ4n) is 4.75. The van der Waals surface area contributed by atoms with Crippen molar-refractivity contribution in [1.29, 1.82) is 0 Å². The zero-order valence-corrected chi connectivity index (χ0v) is 21.0. The largest absolute Gasteiger partial charge is 0.483 e. The van der Waals surface area contributed by atoms with Crippen LogP contribution in [0.2, 0.25) is 0 Å². The summed E-state index contributed by atoms with van der Waals surface area (Å²) in [7, 11) is 0. The standard InChI is InChI=1S/C29H40N2O3/c1-4-26(29(33)30-24-15-9-6-10-16-24)31(20-19-23-13-7-5-8-14-23)28(32)21-34-27-18-12-11-17-25(27)22(2)3/h5,7-8,11-14,17-18,22,24,26H,4,6,9-10,15-16,19-21H2,1-3H3,(H,30,33). The lowest BCUT2D eigenvalue weighted by molar-refractivity contribution is -0.142. The fourth-order valence-corrected chi connectivity index (χ4v) is 4.75. The van der Waals surface area contributed by atoms with Gasteiger partial charge < -0.3 is 15.0 Å². The highest BCUT2D eigenvalue weighted by molar-refractivity contribution is 5.88. The van der Waals surface area contributed by atoms with Crippen molar-refractivity contribution in [1.82, 2.24) is 10.2 Å². The zero-order valence-electron chi connectivity index (χ0n) is 21.0. The fraction of sp³-hybridized carbons (Fsp3) is 0.517. The van der Waals surface area contributed by atoms with Crippen molar-refractivity contribution < 1.29 is 14.3 Å². The summed E-state index contributed by atoms with van der Waals surface area (Å²) >= 11 is 0. The summed E-state index contributed by atoms with van der Waals surface area (Å²) in [5, 5.41) is 3.23. The Morgan fingerprint density at radius 1 is 1.00 bits per heavy atom. The van der Waals surface area contributed by atoms with E-state index in [9.17, 15) is 9.59 Å². The number of carbonyl (C=O) groups excluding carboxylic acids is 2. The molecular weight excluding hydrogens is 424 g/mol. The molecule has 3 rings (SSSR count). The van der Waals surface area contributed by atoms with Gasteiger partial charge in [-0.05, 0) is 48.8 Å². The highest BCUT2D eigenvalue weighted by Gasteiger charge is 2.30. The average molecular weight is 465 g/mol. The van der Waals surface area contributed by atoms with Gasteiger partial charge >= 0.3 is 0 Å². The van der Waals surface area contributed by atoms with Gasteiger partial charge in [0.05, 0.1) is 0 Å². The third-order valence-corrected chi connectivity index (χ3v) is 6.71. The third kappa shape index (κ3) is 7.34. The van der Waals surface area contributed by atoms with Gasteiger partial charge in [0, 0.05) is 12.6 Å². The molecule has 0 bridgehead atoms. The van der Waals surface area contributed by atoms with Crippen LogP contribution in [-0.2, 0) is 16.0 Å². The molecule has 5 nitrogen and oxygen atoms in total. The maximum atomic E-state index is 13.4. The number of nitrogens with zero attached hydrogens (tertiary/aromatic N) is 1. The molecule has 2 amide bonds. The Bertz CT molecular complexity index is 907. The van der Waals surface area contributed by atoms with E-state index >= 15 is 0 Å². The van der Waals surface area contributed by atoms with Crippen LogP contribution >= 0.6 is 0 Å². The highest BCUT2D eigenvalue weighted by Crippen LogP contribution is 2.26. The predicted molar refractivity (Wildman–Crippen MR) is 137 cm³/mol. The van der Waals surface area contributed by atoms with Crippen LogP contribution in [-0.4, -0.2) is 41.9 Å². The topological polar surface area (TPSA) is 58.6 Å². The molecule has 1 aliphatic carbocycles. The first-order valence-electron chi connectivity index (χ1n) is 12.8. The van der Waals surface area contributed by atoms with Gasteiger partial charge in [0.1, 0.15) is 11.8 Å². The first kappa shape index (κ1) is 25.8. The summed E-state index contributed by atoms with van der Waals surface area (Å²) in [5.41, 5.74) is 2.22. The average Bonchev–Trinajstić information content (AvgIpc) is 2.86. The minimum absolute atomic E-state index is 0.0432. The van der Waals surface area contributed by atoms with Crippen LogP contribution in [0.5, 0.6) is 5.75 Å². The molecule has 0 aliphatic heterocycles.